The zero-order valence-electron chi connectivity index (χ0n) is 14.2. The lowest BCUT2D eigenvalue weighted by Gasteiger charge is -2.00. The molecule has 0 aliphatic carbocycles. The van der Waals surface area contributed by atoms with Crippen molar-refractivity contribution in [2.24, 2.45) is 0 Å². The van der Waals surface area contributed by atoms with E-state index in [2.05, 4.69) is 9.47 Å². The monoisotopic (exact) mass is 346 g/mol. The highest BCUT2D eigenvalue weighted by atomic mass is 19.1. The molecule has 2 rings (SSSR count). The molecule has 0 atom stereocenters. The van der Waals surface area contributed by atoms with Gasteiger partial charge in [-0.15, -0.1) is 0 Å². The number of hydrogen-bond acceptors (Lipinski definition) is 2. The number of rotatable bonds is 4. The zero-order chi connectivity index (χ0) is 18.5. The molecule has 0 heterocycles. The van der Waals surface area contributed by atoms with Gasteiger partial charge in [-0.2, -0.15) is 0 Å². The molecule has 0 saturated heterocycles. The van der Waals surface area contributed by atoms with Gasteiger partial charge >= 0.3 is 0 Å². The topological polar surface area (TPSA) is 18.5 Å². The van der Waals surface area contributed by atoms with Crippen LogP contribution in [-0.4, -0.2) is 14.2 Å². The van der Waals surface area contributed by atoms with Gasteiger partial charge in [-0.05, 0) is 36.4 Å². The highest BCUT2D eigenvalue weighted by Gasteiger charge is 2.02. The van der Waals surface area contributed by atoms with E-state index in [0.717, 1.165) is 36.4 Å². The Bertz CT molecular complexity index is 550. The summed E-state index contributed by atoms with van der Waals surface area (Å²) in [6, 6.07) is 6.58. The van der Waals surface area contributed by atoms with E-state index in [4.69, 9.17) is 0 Å². The molecule has 24 heavy (non-hydrogen) atoms. The third kappa shape index (κ3) is 8.08. The quantitative estimate of drug-likeness (QED) is 0.704. The molecular weight excluding hydrogens is 324 g/mol. The second-order valence-corrected chi connectivity index (χ2v) is 4.34. The van der Waals surface area contributed by atoms with Gasteiger partial charge in [0, 0.05) is 25.3 Å². The minimum Gasteiger partial charge on any atom is -0.380 e. The van der Waals surface area contributed by atoms with E-state index >= 15 is 0 Å². The van der Waals surface area contributed by atoms with E-state index in [1.165, 1.54) is 14.2 Å². The maximum Gasteiger partial charge on any atom is 0.128 e. The van der Waals surface area contributed by atoms with Crippen LogP contribution in [0.1, 0.15) is 25.0 Å². The molecule has 0 unspecified atom stereocenters. The Balaban J connectivity index is 0.000000400. The van der Waals surface area contributed by atoms with Crippen LogP contribution in [0.3, 0.4) is 0 Å². The van der Waals surface area contributed by atoms with E-state index in [-0.39, 0.29) is 24.3 Å². The minimum atomic E-state index is -0.446. The van der Waals surface area contributed by atoms with E-state index in [1.54, 1.807) is 0 Å². The second-order valence-electron chi connectivity index (χ2n) is 4.34. The van der Waals surface area contributed by atoms with Crippen LogP contribution in [0.15, 0.2) is 36.4 Å². The summed E-state index contributed by atoms with van der Waals surface area (Å²) in [4.78, 5) is 0. The molecule has 0 N–H and O–H groups in total. The van der Waals surface area contributed by atoms with Gasteiger partial charge in [-0.25, -0.2) is 17.6 Å². The fourth-order valence-electron chi connectivity index (χ4n) is 1.62. The zero-order valence-corrected chi connectivity index (χ0v) is 14.2. The van der Waals surface area contributed by atoms with Crippen molar-refractivity contribution >= 4 is 0 Å². The SMILES string of the molecule is CC.COCc1cc(F)ccc1F.COCc1cc(F)ccc1F. The molecule has 0 spiro atoms. The molecule has 0 aliphatic rings. The largest absolute Gasteiger partial charge is 0.380 e. The van der Waals surface area contributed by atoms with Crippen molar-refractivity contribution in [3.8, 4) is 0 Å². The van der Waals surface area contributed by atoms with E-state index < -0.39 is 23.3 Å². The molecule has 2 aromatic carbocycles. The first-order chi connectivity index (χ1) is 11.5. The molecule has 2 nitrogen and oxygen atoms in total. The third-order valence-electron chi connectivity index (χ3n) is 2.62. The lowest BCUT2D eigenvalue weighted by molar-refractivity contribution is 0.181. The van der Waals surface area contributed by atoms with Crippen molar-refractivity contribution in [3.05, 3.63) is 70.8 Å². The fourth-order valence-corrected chi connectivity index (χ4v) is 1.62. The predicted molar refractivity (Wildman–Crippen MR) is 85.5 cm³/mol. The second kappa shape index (κ2) is 12.5. The summed E-state index contributed by atoms with van der Waals surface area (Å²) in [5, 5.41) is 0. The molecule has 0 bridgehead atoms. The molecule has 0 radical (unpaired) electrons. The van der Waals surface area contributed by atoms with Gasteiger partial charge in [-0.1, -0.05) is 13.8 Å². The van der Waals surface area contributed by atoms with Crippen molar-refractivity contribution < 1.29 is 27.0 Å². The molecule has 0 saturated carbocycles. The molecule has 6 heteroatoms. The van der Waals surface area contributed by atoms with Crippen LogP contribution in [0.2, 0.25) is 0 Å². The van der Waals surface area contributed by atoms with Crippen molar-refractivity contribution in [2.45, 2.75) is 27.1 Å². The summed E-state index contributed by atoms with van der Waals surface area (Å²) in [5.74, 6) is -1.77. The summed E-state index contributed by atoms with van der Waals surface area (Å²) < 4.78 is 59.6. The highest BCUT2D eigenvalue weighted by molar-refractivity contribution is 5.18. The maximum atomic E-state index is 12.7. The van der Waals surface area contributed by atoms with E-state index in [1.807, 2.05) is 13.8 Å². The fraction of sp³-hybridized carbons (Fsp3) is 0.333. The van der Waals surface area contributed by atoms with E-state index in [9.17, 15) is 17.6 Å². The van der Waals surface area contributed by atoms with Crippen LogP contribution in [0.25, 0.3) is 0 Å². The molecule has 134 valence electrons. The first-order valence-corrected chi connectivity index (χ1v) is 7.33. The van der Waals surface area contributed by atoms with Gasteiger partial charge in [0.1, 0.15) is 23.3 Å². The van der Waals surface area contributed by atoms with Crippen LogP contribution < -0.4 is 0 Å². The van der Waals surface area contributed by atoms with Crippen molar-refractivity contribution in [1.29, 1.82) is 0 Å². The average molecular weight is 346 g/mol. The average Bonchev–Trinajstić information content (AvgIpc) is 2.57. The van der Waals surface area contributed by atoms with Gasteiger partial charge in [0.25, 0.3) is 0 Å². The Hall–Kier alpha value is -1.92. The summed E-state index contributed by atoms with van der Waals surface area (Å²) in [5.41, 5.74) is 0.486. The van der Waals surface area contributed by atoms with Crippen molar-refractivity contribution in [3.63, 3.8) is 0 Å². The summed E-state index contributed by atoms with van der Waals surface area (Å²) in [7, 11) is 2.87. The Kier molecular flexibility index (Phi) is 11.5. The van der Waals surface area contributed by atoms with Crippen molar-refractivity contribution in [1.82, 2.24) is 0 Å². The lowest BCUT2D eigenvalue weighted by atomic mass is 10.2. The molecule has 2 aromatic rings. The Labute approximate surface area is 140 Å². The smallest absolute Gasteiger partial charge is 0.128 e. The number of ether oxygens (including phenoxy) is 2. The summed E-state index contributed by atoms with van der Waals surface area (Å²) >= 11 is 0. The Morgan fingerprint density at radius 3 is 1.29 bits per heavy atom. The first kappa shape index (κ1) is 22.1. The van der Waals surface area contributed by atoms with Gasteiger partial charge < -0.3 is 9.47 Å². The minimum absolute atomic E-state index is 0.101. The molecule has 0 aliphatic heterocycles. The van der Waals surface area contributed by atoms with Crippen LogP contribution in [-0.2, 0) is 22.7 Å². The van der Waals surface area contributed by atoms with Crippen LogP contribution in [0, 0.1) is 23.3 Å². The molecule has 0 amide bonds. The van der Waals surface area contributed by atoms with Crippen LogP contribution in [0.4, 0.5) is 17.6 Å². The van der Waals surface area contributed by atoms with E-state index in [0.29, 0.717) is 0 Å². The van der Waals surface area contributed by atoms with Gasteiger partial charge in [0.2, 0.25) is 0 Å². The summed E-state index contributed by atoms with van der Waals surface area (Å²) in [6.45, 7) is 4.20. The number of hydrogen-bond donors (Lipinski definition) is 0. The predicted octanol–water partition coefficient (Wildman–Crippen LogP) is 5.25. The summed E-state index contributed by atoms with van der Waals surface area (Å²) in [6.07, 6.45) is 0. The van der Waals surface area contributed by atoms with Gasteiger partial charge in [-0.3, -0.25) is 0 Å². The normalized spacial score (nSPS) is 9.50. The number of methoxy groups -OCH3 is 2. The highest BCUT2D eigenvalue weighted by Crippen LogP contribution is 2.10. The Morgan fingerprint density at radius 2 is 1.00 bits per heavy atom. The third-order valence-corrected chi connectivity index (χ3v) is 2.62. The molecule has 0 fully saturated rings. The van der Waals surface area contributed by atoms with Crippen molar-refractivity contribution in [2.75, 3.05) is 14.2 Å². The van der Waals surface area contributed by atoms with Crippen LogP contribution >= 0.6 is 0 Å². The number of halogens is 4. The number of benzene rings is 2. The Morgan fingerprint density at radius 1 is 0.667 bits per heavy atom. The first-order valence-electron chi connectivity index (χ1n) is 7.33. The maximum absolute atomic E-state index is 12.7. The standard InChI is InChI=1S/2C8H8F2O.C2H6/c2*1-11-5-6-4-7(9)2-3-8(6)10;1-2/h2*2-4H,5H2,1H3;1-2H3. The lowest BCUT2D eigenvalue weighted by Crippen LogP contribution is -1.93. The molecular formula is C18H22F4O2. The van der Waals surface area contributed by atoms with Crippen LogP contribution in [0.5, 0.6) is 0 Å². The van der Waals surface area contributed by atoms with Gasteiger partial charge in [0.05, 0.1) is 13.2 Å². The van der Waals surface area contributed by atoms with Gasteiger partial charge in [0.15, 0.2) is 0 Å². The molecule has 0 aromatic heterocycles.